The summed E-state index contributed by atoms with van der Waals surface area (Å²) in [6, 6.07) is 14.8. The highest BCUT2D eigenvalue weighted by atomic mass is 16.5. The second-order valence-electron chi connectivity index (χ2n) is 4.59. The van der Waals surface area contributed by atoms with E-state index >= 15 is 0 Å². The quantitative estimate of drug-likeness (QED) is 0.862. The molecule has 0 aliphatic rings. The monoisotopic (exact) mass is 256 g/mol. The predicted molar refractivity (Wildman–Crippen MR) is 76.8 cm³/mol. The number of hydrogen-bond acceptors (Lipinski definition) is 3. The lowest BCUT2D eigenvalue weighted by atomic mass is 10.0. The third-order valence-electron chi connectivity index (χ3n) is 3.17. The number of methoxy groups -OCH3 is 1. The van der Waals surface area contributed by atoms with Crippen LogP contribution in [0.2, 0.25) is 0 Å². The Balaban J connectivity index is 2.09. The number of aromatic nitrogens is 1. The molecule has 2 rings (SSSR count). The number of nitrogens with zero attached hydrogens (tertiary/aromatic N) is 1. The highest BCUT2D eigenvalue weighted by Gasteiger charge is 2.15. The van der Waals surface area contributed by atoms with Gasteiger partial charge in [-0.25, -0.2) is 0 Å². The van der Waals surface area contributed by atoms with Gasteiger partial charge in [-0.05, 0) is 24.1 Å². The zero-order chi connectivity index (χ0) is 13.5. The van der Waals surface area contributed by atoms with E-state index < -0.39 is 0 Å². The van der Waals surface area contributed by atoms with Crippen molar-refractivity contribution < 1.29 is 4.74 Å². The van der Waals surface area contributed by atoms with E-state index in [9.17, 15) is 0 Å². The van der Waals surface area contributed by atoms with Crippen molar-refractivity contribution >= 4 is 0 Å². The number of nitrogens with one attached hydrogen (secondary N) is 1. The minimum absolute atomic E-state index is 0.182. The molecule has 1 unspecified atom stereocenters. The van der Waals surface area contributed by atoms with Gasteiger partial charge in [-0.15, -0.1) is 0 Å². The lowest BCUT2D eigenvalue weighted by molar-refractivity contribution is 0.162. The molecule has 1 aromatic carbocycles. The third-order valence-corrected chi connectivity index (χ3v) is 3.17. The third kappa shape index (κ3) is 3.88. The van der Waals surface area contributed by atoms with E-state index in [2.05, 4.69) is 47.6 Å². The number of hydrogen-bond donors (Lipinski definition) is 1. The molecule has 19 heavy (non-hydrogen) atoms. The minimum atomic E-state index is 0.182. The highest BCUT2D eigenvalue weighted by molar-refractivity contribution is 5.20. The lowest BCUT2D eigenvalue weighted by Gasteiger charge is -2.23. The fourth-order valence-electron chi connectivity index (χ4n) is 2.12. The van der Waals surface area contributed by atoms with Crippen molar-refractivity contribution in [2.75, 3.05) is 13.7 Å². The average Bonchev–Trinajstić information content (AvgIpc) is 2.48. The Morgan fingerprint density at radius 3 is 2.47 bits per heavy atom. The summed E-state index contributed by atoms with van der Waals surface area (Å²) in [6.45, 7) is 2.79. The Morgan fingerprint density at radius 1 is 1.11 bits per heavy atom. The van der Waals surface area contributed by atoms with Crippen LogP contribution in [-0.2, 0) is 4.74 Å². The van der Waals surface area contributed by atoms with Crippen molar-refractivity contribution in [3.63, 3.8) is 0 Å². The Kier molecular flexibility index (Phi) is 5.07. The topological polar surface area (TPSA) is 34.1 Å². The van der Waals surface area contributed by atoms with E-state index in [4.69, 9.17) is 4.74 Å². The average molecular weight is 256 g/mol. The van der Waals surface area contributed by atoms with E-state index in [1.807, 2.05) is 18.3 Å². The molecule has 0 bridgehead atoms. The number of pyridine rings is 1. The summed E-state index contributed by atoms with van der Waals surface area (Å²) in [7, 11) is 1.73. The first kappa shape index (κ1) is 13.7. The summed E-state index contributed by atoms with van der Waals surface area (Å²) in [5.74, 6) is 0. The SMILES string of the molecule is COCC(N[C@H](C)c1cccnc1)c1ccccc1. The number of ether oxygens (including phenoxy) is 1. The fraction of sp³-hybridized carbons (Fsp3) is 0.312. The maximum Gasteiger partial charge on any atom is 0.0657 e. The molecule has 2 atom stereocenters. The molecule has 0 spiro atoms. The number of rotatable bonds is 6. The molecule has 0 aliphatic heterocycles. The molecule has 0 saturated carbocycles. The molecular weight excluding hydrogens is 236 g/mol. The summed E-state index contributed by atoms with van der Waals surface area (Å²) in [5.41, 5.74) is 2.42. The van der Waals surface area contributed by atoms with Gasteiger partial charge in [0, 0.05) is 25.5 Å². The highest BCUT2D eigenvalue weighted by Crippen LogP contribution is 2.19. The number of benzene rings is 1. The van der Waals surface area contributed by atoms with Gasteiger partial charge in [0.25, 0.3) is 0 Å². The summed E-state index contributed by atoms with van der Waals surface area (Å²) >= 11 is 0. The smallest absolute Gasteiger partial charge is 0.0657 e. The Labute approximate surface area is 114 Å². The van der Waals surface area contributed by atoms with E-state index in [1.54, 1.807) is 13.3 Å². The zero-order valence-corrected chi connectivity index (χ0v) is 11.4. The molecule has 0 saturated heterocycles. The van der Waals surface area contributed by atoms with Crippen LogP contribution in [0.25, 0.3) is 0 Å². The van der Waals surface area contributed by atoms with Crippen molar-refractivity contribution in [3.05, 3.63) is 66.0 Å². The first-order chi connectivity index (χ1) is 9.31. The van der Waals surface area contributed by atoms with Crippen molar-refractivity contribution in [1.29, 1.82) is 0 Å². The van der Waals surface area contributed by atoms with E-state index in [0.717, 1.165) is 0 Å². The predicted octanol–water partition coefficient (Wildman–Crippen LogP) is 3.12. The van der Waals surface area contributed by atoms with Crippen LogP contribution in [0, 0.1) is 0 Å². The van der Waals surface area contributed by atoms with Crippen molar-refractivity contribution in [1.82, 2.24) is 10.3 Å². The molecule has 0 radical (unpaired) electrons. The minimum Gasteiger partial charge on any atom is -0.383 e. The molecule has 3 nitrogen and oxygen atoms in total. The molecule has 2 aromatic rings. The lowest BCUT2D eigenvalue weighted by Crippen LogP contribution is -2.28. The largest absolute Gasteiger partial charge is 0.383 e. The fourth-order valence-corrected chi connectivity index (χ4v) is 2.12. The van der Waals surface area contributed by atoms with E-state index in [0.29, 0.717) is 6.61 Å². The van der Waals surface area contributed by atoms with Crippen LogP contribution in [0.1, 0.15) is 30.1 Å². The van der Waals surface area contributed by atoms with Gasteiger partial charge in [-0.2, -0.15) is 0 Å². The van der Waals surface area contributed by atoms with Crippen molar-refractivity contribution in [3.8, 4) is 0 Å². The Morgan fingerprint density at radius 2 is 1.84 bits per heavy atom. The second kappa shape index (κ2) is 7.02. The van der Waals surface area contributed by atoms with E-state index in [1.165, 1.54) is 11.1 Å². The van der Waals surface area contributed by atoms with Gasteiger partial charge in [-0.1, -0.05) is 36.4 Å². The summed E-state index contributed by atoms with van der Waals surface area (Å²) in [4.78, 5) is 4.16. The molecule has 100 valence electrons. The van der Waals surface area contributed by atoms with Crippen LogP contribution < -0.4 is 5.32 Å². The maximum atomic E-state index is 5.32. The van der Waals surface area contributed by atoms with Gasteiger partial charge >= 0.3 is 0 Å². The van der Waals surface area contributed by atoms with Crippen LogP contribution >= 0.6 is 0 Å². The van der Waals surface area contributed by atoms with Crippen LogP contribution in [0.5, 0.6) is 0 Å². The van der Waals surface area contributed by atoms with Crippen molar-refractivity contribution in [2.24, 2.45) is 0 Å². The molecule has 1 heterocycles. The summed E-state index contributed by atoms with van der Waals surface area (Å²) in [5, 5.41) is 3.59. The molecule has 1 aromatic heterocycles. The summed E-state index contributed by atoms with van der Waals surface area (Å²) < 4.78 is 5.32. The molecule has 0 aliphatic carbocycles. The first-order valence-electron chi connectivity index (χ1n) is 6.51. The van der Waals surface area contributed by atoms with E-state index in [-0.39, 0.29) is 12.1 Å². The Hall–Kier alpha value is -1.71. The van der Waals surface area contributed by atoms with Gasteiger partial charge in [0.2, 0.25) is 0 Å². The normalized spacial score (nSPS) is 14.0. The van der Waals surface area contributed by atoms with Gasteiger partial charge in [0.05, 0.1) is 12.6 Å². The van der Waals surface area contributed by atoms with Gasteiger partial charge in [-0.3, -0.25) is 4.98 Å². The molecule has 0 fully saturated rings. The van der Waals surface area contributed by atoms with Crippen molar-refractivity contribution in [2.45, 2.75) is 19.0 Å². The van der Waals surface area contributed by atoms with Gasteiger partial charge < -0.3 is 10.1 Å². The molecular formula is C16H20N2O. The molecule has 3 heteroatoms. The standard InChI is InChI=1S/C16H20N2O/c1-13(15-9-6-10-17-11-15)18-16(12-19-2)14-7-4-3-5-8-14/h3-11,13,16,18H,12H2,1-2H3/t13-,16?/m1/s1. The van der Waals surface area contributed by atoms with Crippen LogP contribution in [-0.4, -0.2) is 18.7 Å². The maximum absolute atomic E-state index is 5.32. The van der Waals surface area contributed by atoms with Gasteiger partial charge in [0.15, 0.2) is 0 Å². The van der Waals surface area contributed by atoms with Crippen LogP contribution in [0.4, 0.5) is 0 Å². The first-order valence-corrected chi connectivity index (χ1v) is 6.51. The van der Waals surface area contributed by atoms with Crippen LogP contribution in [0.15, 0.2) is 54.9 Å². The Bertz CT molecular complexity index is 473. The van der Waals surface area contributed by atoms with Crippen LogP contribution in [0.3, 0.4) is 0 Å². The molecule has 0 amide bonds. The van der Waals surface area contributed by atoms with Gasteiger partial charge in [0.1, 0.15) is 0 Å². The zero-order valence-electron chi connectivity index (χ0n) is 11.4. The summed E-state index contributed by atoms with van der Waals surface area (Å²) in [6.07, 6.45) is 3.69. The second-order valence-corrected chi connectivity index (χ2v) is 4.59. The molecule has 1 N–H and O–H groups in total.